The Morgan fingerprint density at radius 1 is 1.57 bits per heavy atom. The highest BCUT2D eigenvalue weighted by molar-refractivity contribution is 7.09. The van der Waals surface area contributed by atoms with E-state index in [9.17, 15) is 4.79 Å². The number of aromatic nitrogens is 1. The molecule has 1 aliphatic rings. The van der Waals surface area contributed by atoms with Crippen LogP contribution in [0.3, 0.4) is 0 Å². The summed E-state index contributed by atoms with van der Waals surface area (Å²) in [7, 11) is 0. The van der Waals surface area contributed by atoms with Gasteiger partial charge >= 0.3 is 6.09 Å². The van der Waals surface area contributed by atoms with Crippen molar-refractivity contribution in [2.45, 2.75) is 58.7 Å². The summed E-state index contributed by atoms with van der Waals surface area (Å²) in [6.45, 7) is 10.1. The monoisotopic (exact) mass is 311 g/mol. The lowest BCUT2D eigenvalue weighted by Gasteiger charge is -2.28. The first-order valence-electron chi connectivity index (χ1n) is 7.46. The van der Waals surface area contributed by atoms with Gasteiger partial charge in [-0.25, -0.2) is 9.78 Å². The van der Waals surface area contributed by atoms with Crippen LogP contribution < -0.4 is 5.32 Å². The first-order chi connectivity index (χ1) is 9.87. The molecule has 6 heteroatoms. The average Bonchev–Trinajstić information content (AvgIpc) is 2.97. The highest BCUT2D eigenvalue weighted by Gasteiger charge is 2.31. The standard InChI is InChI=1S/C15H25N3O2S/c1-11-13(21-10-17-11)9-16-8-12-6-5-7-18(12)14(19)20-15(2,3)4/h10,12,16H,5-9H2,1-4H3. The van der Waals surface area contributed by atoms with Gasteiger partial charge in [0.1, 0.15) is 5.60 Å². The molecule has 0 saturated carbocycles. The maximum atomic E-state index is 12.2. The summed E-state index contributed by atoms with van der Waals surface area (Å²) in [5.74, 6) is 0. The zero-order valence-electron chi connectivity index (χ0n) is 13.3. The van der Waals surface area contributed by atoms with E-state index in [1.54, 1.807) is 11.3 Å². The van der Waals surface area contributed by atoms with E-state index in [0.29, 0.717) is 0 Å². The van der Waals surface area contributed by atoms with Crippen LogP contribution in [0.4, 0.5) is 4.79 Å². The van der Waals surface area contributed by atoms with Gasteiger partial charge in [-0.15, -0.1) is 11.3 Å². The lowest BCUT2D eigenvalue weighted by Crippen LogP contribution is -2.44. The first-order valence-corrected chi connectivity index (χ1v) is 8.34. The van der Waals surface area contributed by atoms with E-state index in [1.807, 2.05) is 38.1 Å². The second-order valence-electron chi connectivity index (χ2n) is 6.46. The molecule has 1 aromatic rings. The van der Waals surface area contributed by atoms with Crippen molar-refractivity contribution in [2.24, 2.45) is 0 Å². The number of hydrogen-bond donors (Lipinski definition) is 1. The van der Waals surface area contributed by atoms with Gasteiger partial charge in [0.05, 0.1) is 11.2 Å². The molecule has 1 aromatic heterocycles. The van der Waals surface area contributed by atoms with Crippen LogP contribution in [-0.4, -0.2) is 40.7 Å². The van der Waals surface area contributed by atoms with Crippen LogP contribution in [0.1, 0.15) is 44.2 Å². The molecule has 1 aliphatic heterocycles. The molecular formula is C15H25N3O2S. The highest BCUT2D eigenvalue weighted by atomic mass is 32.1. The second kappa shape index (κ2) is 6.75. The van der Waals surface area contributed by atoms with Gasteiger partial charge in [-0.3, -0.25) is 0 Å². The molecule has 1 N–H and O–H groups in total. The van der Waals surface area contributed by atoms with E-state index in [-0.39, 0.29) is 12.1 Å². The van der Waals surface area contributed by atoms with Crippen molar-refractivity contribution >= 4 is 17.4 Å². The second-order valence-corrected chi connectivity index (χ2v) is 7.40. The molecule has 2 heterocycles. The Kier molecular flexibility index (Phi) is 5.22. The number of ether oxygens (including phenoxy) is 1. The number of amides is 1. The molecule has 5 nitrogen and oxygen atoms in total. The van der Waals surface area contributed by atoms with Crippen LogP contribution >= 0.6 is 11.3 Å². The van der Waals surface area contributed by atoms with Crippen molar-refractivity contribution in [3.05, 3.63) is 16.1 Å². The summed E-state index contributed by atoms with van der Waals surface area (Å²) >= 11 is 1.67. The predicted molar refractivity (Wildman–Crippen MR) is 84.5 cm³/mol. The van der Waals surface area contributed by atoms with E-state index in [2.05, 4.69) is 10.3 Å². The smallest absolute Gasteiger partial charge is 0.410 e. The Bertz CT molecular complexity index is 482. The quantitative estimate of drug-likeness (QED) is 0.929. The number of hydrogen-bond acceptors (Lipinski definition) is 5. The molecule has 2 rings (SSSR count). The van der Waals surface area contributed by atoms with Gasteiger partial charge in [0.15, 0.2) is 0 Å². The minimum Gasteiger partial charge on any atom is -0.444 e. The van der Waals surface area contributed by atoms with Crippen molar-refractivity contribution in [3.8, 4) is 0 Å². The van der Waals surface area contributed by atoms with Gasteiger partial charge in [-0.1, -0.05) is 0 Å². The largest absolute Gasteiger partial charge is 0.444 e. The zero-order valence-corrected chi connectivity index (χ0v) is 14.1. The third-order valence-corrected chi connectivity index (χ3v) is 4.45. The number of nitrogens with one attached hydrogen (secondary N) is 1. The molecule has 1 saturated heterocycles. The molecule has 1 unspecified atom stereocenters. The minimum atomic E-state index is -0.433. The number of likely N-dealkylation sites (tertiary alicyclic amines) is 1. The van der Waals surface area contributed by atoms with Gasteiger partial charge in [-0.2, -0.15) is 0 Å². The van der Waals surface area contributed by atoms with Crippen LogP contribution in [0.5, 0.6) is 0 Å². The van der Waals surface area contributed by atoms with Crippen molar-refractivity contribution in [1.29, 1.82) is 0 Å². The summed E-state index contributed by atoms with van der Waals surface area (Å²) in [5.41, 5.74) is 2.52. The van der Waals surface area contributed by atoms with Gasteiger partial charge in [0.2, 0.25) is 0 Å². The molecule has 0 bridgehead atoms. The molecule has 118 valence electrons. The van der Waals surface area contributed by atoms with Crippen LogP contribution in [0.15, 0.2) is 5.51 Å². The zero-order chi connectivity index (χ0) is 15.5. The summed E-state index contributed by atoms with van der Waals surface area (Å²) < 4.78 is 5.47. The summed E-state index contributed by atoms with van der Waals surface area (Å²) in [4.78, 5) is 19.5. The fourth-order valence-corrected chi connectivity index (χ4v) is 3.20. The van der Waals surface area contributed by atoms with Gasteiger partial charge in [0.25, 0.3) is 0 Å². The number of nitrogens with zero attached hydrogens (tertiary/aromatic N) is 2. The first kappa shape index (κ1) is 16.2. The number of rotatable bonds is 4. The van der Waals surface area contributed by atoms with Crippen molar-refractivity contribution in [1.82, 2.24) is 15.2 Å². The molecule has 0 spiro atoms. The molecule has 1 amide bonds. The molecule has 0 radical (unpaired) electrons. The fourth-order valence-electron chi connectivity index (χ4n) is 2.46. The fraction of sp³-hybridized carbons (Fsp3) is 0.733. The predicted octanol–water partition coefficient (Wildman–Crippen LogP) is 2.94. The Morgan fingerprint density at radius 2 is 2.33 bits per heavy atom. The Hall–Kier alpha value is -1.14. The molecule has 21 heavy (non-hydrogen) atoms. The van der Waals surface area contributed by atoms with Crippen molar-refractivity contribution < 1.29 is 9.53 Å². The minimum absolute atomic E-state index is 0.194. The molecular weight excluding hydrogens is 286 g/mol. The van der Waals surface area contributed by atoms with Gasteiger partial charge in [0, 0.05) is 30.6 Å². The van der Waals surface area contributed by atoms with Crippen LogP contribution in [-0.2, 0) is 11.3 Å². The van der Waals surface area contributed by atoms with E-state index in [0.717, 1.165) is 38.2 Å². The molecule has 1 fully saturated rings. The molecule has 0 aromatic carbocycles. The van der Waals surface area contributed by atoms with Gasteiger partial charge < -0.3 is 15.0 Å². The number of carbonyl (C=O) groups excluding carboxylic acids is 1. The van der Waals surface area contributed by atoms with E-state index < -0.39 is 5.60 Å². The molecule has 0 aliphatic carbocycles. The Labute approximate surface area is 130 Å². The number of aryl methyl sites for hydroxylation is 1. The van der Waals surface area contributed by atoms with Crippen molar-refractivity contribution in [2.75, 3.05) is 13.1 Å². The summed E-state index contributed by atoms with van der Waals surface area (Å²) in [6.07, 6.45) is 1.89. The number of carbonyl (C=O) groups is 1. The summed E-state index contributed by atoms with van der Waals surface area (Å²) in [6, 6.07) is 0.230. The van der Waals surface area contributed by atoms with E-state index >= 15 is 0 Å². The third kappa shape index (κ3) is 4.68. The number of thiazole rings is 1. The maximum absolute atomic E-state index is 12.2. The van der Waals surface area contributed by atoms with Crippen LogP contribution in [0.25, 0.3) is 0 Å². The highest BCUT2D eigenvalue weighted by Crippen LogP contribution is 2.20. The SMILES string of the molecule is Cc1ncsc1CNCC1CCCN1C(=O)OC(C)(C)C. The maximum Gasteiger partial charge on any atom is 0.410 e. The topological polar surface area (TPSA) is 54.5 Å². The van der Waals surface area contributed by atoms with Crippen LogP contribution in [0, 0.1) is 6.92 Å². The Balaban J connectivity index is 1.82. The lowest BCUT2D eigenvalue weighted by molar-refractivity contribution is 0.0226. The lowest BCUT2D eigenvalue weighted by atomic mass is 10.2. The van der Waals surface area contributed by atoms with E-state index in [4.69, 9.17) is 4.74 Å². The molecule has 1 atom stereocenters. The van der Waals surface area contributed by atoms with E-state index in [1.165, 1.54) is 4.88 Å². The third-order valence-electron chi connectivity index (χ3n) is 3.52. The normalized spacial score (nSPS) is 19.0. The van der Waals surface area contributed by atoms with Crippen LogP contribution in [0.2, 0.25) is 0 Å². The Morgan fingerprint density at radius 3 is 2.95 bits per heavy atom. The summed E-state index contributed by atoms with van der Waals surface area (Å²) in [5, 5.41) is 3.44. The van der Waals surface area contributed by atoms with Gasteiger partial charge in [-0.05, 0) is 40.5 Å². The van der Waals surface area contributed by atoms with Crippen molar-refractivity contribution in [3.63, 3.8) is 0 Å². The average molecular weight is 311 g/mol.